The molecule has 176 valence electrons. The van der Waals surface area contributed by atoms with E-state index in [0.29, 0.717) is 55.8 Å². The zero-order valence-electron chi connectivity index (χ0n) is 18.5. The minimum atomic E-state index is -4.56. The summed E-state index contributed by atoms with van der Waals surface area (Å²) < 4.78 is 41.8. The summed E-state index contributed by atoms with van der Waals surface area (Å²) in [5.74, 6) is 0.591. The maximum Gasteiger partial charge on any atom is 0.419 e. The fourth-order valence-electron chi connectivity index (χ4n) is 4.14. The average Bonchev–Trinajstić information content (AvgIpc) is 3.56. The van der Waals surface area contributed by atoms with Gasteiger partial charge >= 0.3 is 12.2 Å². The van der Waals surface area contributed by atoms with Crippen LogP contribution in [0.15, 0.2) is 18.2 Å². The minimum Gasteiger partial charge on any atom is -0.397 e. The highest BCUT2D eigenvalue weighted by Crippen LogP contribution is 2.44. The molecule has 0 heterocycles. The number of halogens is 3. The number of anilines is 2. The van der Waals surface area contributed by atoms with Gasteiger partial charge in [0, 0.05) is 27.2 Å². The Kier molecular flexibility index (Phi) is 7.36. The summed E-state index contributed by atoms with van der Waals surface area (Å²) in [6.07, 6.45) is 1.73. The number of aldehydes is 1. The van der Waals surface area contributed by atoms with Gasteiger partial charge in [0.2, 0.25) is 0 Å². The third-order valence-electron chi connectivity index (χ3n) is 6.10. The molecule has 3 N–H and O–H groups in total. The van der Waals surface area contributed by atoms with E-state index in [4.69, 9.17) is 5.73 Å². The highest BCUT2D eigenvalue weighted by atomic mass is 19.4. The highest BCUT2D eigenvalue weighted by Gasteiger charge is 2.38. The molecule has 0 aliphatic heterocycles. The highest BCUT2D eigenvalue weighted by molar-refractivity contribution is 5.81. The molecule has 32 heavy (non-hydrogen) atoms. The molecule has 6 nitrogen and oxygen atoms in total. The molecule has 0 aromatic heterocycles. The van der Waals surface area contributed by atoms with Crippen LogP contribution in [-0.2, 0) is 11.0 Å². The molecule has 1 atom stereocenters. The first kappa shape index (κ1) is 23.9. The Balaban J connectivity index is 1.78. The van der Waals surface area contributed by atoms with Gasteiger partial charge in [-0.15, -0.1) is 0 Å². The lowest BCUT2D eigenvalue weighted by Crippen LogP contribution is -2.43. The molecule has 1 aromatic rings. The van der Waals surface area contributed by atoms with Crippen molar-refractivity contribution in [3.63, 3.8) is 0 Å². The summed E-state index contributed by atoms with van der Waals surface area (Å²) in [6.45, 7) is 1.01. The summed E-state index contributed by atoms with van der Waals surface area (Å²) in [5.41, 5.74) is 6.01. The van der Waals surface area contributed by atoms with Gasteiger partial charge in [0.05, 0.1) is 23.5 Å². The van der Waals surface area contributed by atoms with Crippen LogP contribution in [0.2, 0.25) is 0 Å². The lowest BCUT2D eigenvalue weighted by molar-refractivity contribution is -0.137. The van der Waals surface area contributed by atoms with Gasteiger partial charge in [-0.05, 0) is 61.1 Å². The summed E-state index contributed by atoms with van der Waals surface area (Å²) in [7, 11) is 3.23. The van der Waals surface area contributed by atoms with E-state index in [1.807, 2.05) is 6.08 Å². The molecule has 2 amide bonds. The van der Waals surface area contributed by atoms with E-state index in [0.717, 1.165) is 12.8 Å². The third-order valence-corrected chi connectivity index (χ3v) is 6.10. The Labute approximate surface area is 186 Å². The van der Waals surface area contributed by atoms with Crippen LogP contribution in [0.5, 0.6) is 0 Å². The number of urea groups is 1. The van der Waals surface area contributed by atoms with Gasteiger partial charge in [-0.3, -0.25) is 0 Å². The van der Waals surface area contributed by atoms with Gasteiger partial charge in [-0.2, -0.15) is 13.2 Å². The Hall–Kier alpha value is -2.71. The summed E-state index contributed by atoms with van der Waals surface area (Å²) in [5, 5.41) is 3.06. The number of hydrogen-bond donors (Lipinski definition) is 2. The van der Waals surface area contributed by atoms with E-state index < -0.39 is 11.7 Å². The Morgan fingerprint density at radius 2 is 1.94 bits per heavy atom. The molecule has 0 radical (unpaired) electrons. The predicted octanol–water partition coefficient (Wildman–Crippen LogP) is 4.48. The van der Waals surface area contributed by atoms with Crippen LogP contribution in [0.25, 0.3) is 5.57 Å². The van der Waals surface area contributed by atoms with Gasteiger partial charge in [0.1, 0.15) is 6.29 Å². The van der Waals surface area contributed by atoms with Crippen molar-refractivity contribution in [2.24, 2.45) is 11.8 Å². The van der Waals surface area contributed by atoms with Crippen LogP contribution in [0, 0.1) is 11.8 Å². The molecule has 2 aliphatic rings. The SMILES string of the molecule is CN(C)C(=O)N(CC=O)CC1CC=C(c2ccc(NCC3CC3)c(N)c2C(F)(F)F)CC1. The molecule has 9 heteroatoms. The second-order valence-corrected chi connectivity index (χ2v) is 8.89. The first-order valence-electron chi connectivity index (χ1n) is 10.9. The van der Waals surface area contributed by atoms with Gasteiger partial charge in [0.15, 0.2) is 0 Å². The maximum absolute atomic E-state index is 13.9. The summed E-state index contributed by atoms with van der Waals surface area (Å²) >= 11 is 0. The number of nitrogens with one attached hydrogen (secondary N) is 1. The van der Waals surface area contributed by atoms with Crippen molar-refractivity contribution in [3.8, 4) is 0 Å². The van der Waals surface area contributed by atoms with Crippen molar-refractivity contribution < 1.29 is 22.8 Å². The number of nitrogens with zero attached hydrogens (tertiary/aromatic N) is 2. The van der Waals surface area contributed by atoms with Crippen LogP contribution >= 0.6 is 0 Å². The monoisotopic (exact) mass is 452 g/mol. The number of nitrogens with two attached hydrogens (primary N) is 1. The summed E-state index contributed by atoms with van der Waals surface area (Å²) in [4.78, 5) is 26.1. The van der Waals surface area contributed by atoms with Crippen molar-refractivity contribution in [1.29, 1.82) is 0 Å². The van der Waals surface area contributed by atoms with Crippen molar-refractivity contribution in [2.45, 2.75) is 38.3 Å². The summed E-state index contributed by atoms with van der Waals surface area (Å²) in [6, 6.07) is 2.89. The van der Waals surface area contributed by atoms with Gasteiger partial charge in [-0.1, -0.05) is 12.1 Å². The Morgan fingerprint density at radius 1 is 1.22 bits per heavy atom. The number of amides is 2. The van der Waals surface area contributed by atoms with Crippen molar-refractivity contribution >= 4 is 29.3 Å². The zero-order valence-corrected chi connectivity index (χ0v) is 18.5. The minimum absolute atomic E-state index is 0.00579. The van der Waals surface area contributed by atoms with Crippen LogP contribution in [-0.4, -0.2) is 55.8 Å². The number of hydrogen-bond acceptors (Lipinski definition) is 4. The topological polar surface area (TPSA) is 78.7 Å². The van der Waals surface area contributed by atoms with Gasteiger partial charge in [0.25, 0.3) is 0 Å². The van der Waals surface area contributed by atoms with Gasteiger partial charge in [-0.25, -0.2) is 4.79 Å². The second kappa shape index (κ2) is 9.83. The standard InChI is InChI=1S/C23H31F3N4O2/c1-29(2)22(32)30(11-12-31)14-16-5-7-17(8-6-16)18-9-10-19(28-13-15-3-4-15)21(27)20(18)23(24,25)26/h7,9-10,12,15-16,28H,3-6,8,11,13-14,27H2,1-2H3. The molecule has 0 spiro atoms. The van der Waals surface area contributed by atoms with Crippen molar-refractivity contribution in [3.05, 3.63) is 29.3 Å². The van der Waals surface area contributed by atoms with E-state index in [-0.39, 0.29) is 29.7 Å². The first-order chi connectivity index (χ1) is 15.1. The zero-order chi connectivity index (χ0) is 23.5. The second-order valence-electron chi connectivity index (χ2n) is 8.89. The number of carbonyl (C=O) groups excluding carboxylic acids is 2. The van der Waals surface area contributed by atoms with E-state index >= 15 is 0 Å². The largest absolute Gasteiger partial charge is 0.419 e. The number of carbonyl (C=O) groups is 2. The van der Waals surface area contributed by atoms with Crippen LogP contribution < -0.4 is 11.1 Å². The predicted molar refractivity (Wildman–Crippen MR) is 119 cm³/mol. The number of rotatable bonds is 8. The molecule has 3 rings (SSSR count). The van der Waals surface area contributed by atoms with Gasteiger partial charge < -0.3 is 25.6 Å². The van der Waals surface area contributed by atoms with E-state index in [1.165, 1.54) is 15.9 Å². The fraction of sp³-hybridized carbons (Fsp3) is 0.565. The molecule has 1 aromatic carbocycles. The quantitative estimate of drug-likeness (QED) is 0.450. The number of benzene rings is 1. The van der Waals surface area contributed by atoms with E-state index in [2.05, 4.69) is 5.32 Å². The van der Waals surface area contributed by atoms with Crippen LogP contribution in [0.3, 0.4) is 0 Å². The van der Waals surface area contributed by atoms with Crippen molar-refractivity contribution in [1.82, 2.24) is 9.80 Å². The number of alkyl halides is 3. The number of nitrogen functional groups attached to an aromatic ring is 1. The third kappa shape index (κ3) is 5.75. The molecule has 1 fully saturated rings. The van der Waals surface area contributed by atoms with Crippen molar-refractivity contribution in [2.75, 3.05) is 44.8 Å². The molecule has 0 bridgehead atoms. The van der Waals surface area contributed by atoms with Crippen LogP contribution in [0.4, 0.5) is 29.3 Å². The molecular formula is C23H31F3N4O2. The lowest BCUT2D eigenvalue weighted by atomic mass is 9.84. The molecule has 2 aliphatic carbocycles. The first-order valence-corrected chi connectivity index (χ1v) is 10.9. The normalized spacial score (nSPS) is 18.7. The fourth-order valence-corrected chi connectivity index (χ4v) is 4.14. The number of allylic oxidation sites excluding steroid dienone is 2. The lowest BCUT2D eigenvalue weighted by Gasteiger charge is -2.30. The molecule has 1 unspecified atom stereocenters. The van der Waals surface area contributed by atoms with Crippen LogP contribution in [0.1, 0.15) is 43.2 Å². The Morgan fingerprint density at radius 3 is 2.47 bits per heavy atom. The Bertz CT molecular complexity index is 879. The molecular weight excluding hydrogens is 421 g/mol. The van der Waals surface area contributed by atoms with E-state index in [9.17, 15) is 22.8 Å². The smallest absolute Gasteiger partial charge is 0.397 e. The molecule has 0 saturated heterocycles. The maximum atomic E-state index is 13.9. The molecule has 1 saturated carbocycles. The van der Waals surface area contributed by atoms with E-state index in [1.54, 1.807) is 20.2 Å². The average molecular weight is 453 g/mol.